The van der Waals surface area contributed by atoms with Gasteiger partial charge in [-0.15, -0.1) is 0 Å². The molecule has 0 spiro atoms. The van der Waals surface area contributed by atoms with Crippen LogP contribution in [-0.4, -0.2) is 15.7 Å². The predicted molar refractivity (Wildman–Crippen MR) is 82.4 cm³/mol. The Morgan fingerprint density at radius 2 is 2.14 bits per heavy atom. The Bertz CT molecular complexity index is 680. The third-order valence-corrected chi connectivity index (χ3v) is 3.88. The third kappa shape index (κ3) is 3.03. The number of carbonyl (C=O) groups excluding carboxylic acids is 1. The number of nitrogens with zero attached hydrogens (tertiary/aromatic N) is 2. The van der Waals surface area contributed by atoms with Crippen molar-refractivity contribution in [3.8, 4) is 0 Å². The van der Waals surface area contributed by atoms with E-state index in [1.54, 1.807) is 29.8 Å². The number of nitrogens with two attached hydrogens (primary N) is 1. The third-order valence-electron chi connectivity index (χ3n) is 3.39. The lowest BCUT2D eigenvalue weighted by Crippen LogP contribution is -2.11. The molecule has 0 aliphatic rings. The van der Waals surface area contributed by atoms with Gasteiger partial charge >= 0.3 is 5.97 Å². The van der Waals surface area contributed by atoms with E-state index in [2.05, 4.69) is 5.10 Å². The zero-order chi connectivity index (χ0) is 15.6. The summed E-state index contributed by atoms with van der Waals surface area (Å²) in [7, 11) is 0. The quantitative estimate of drug-likeness (QED) is 0.696. The minimum absolute atomic E-state index is 0.0839. The molecular formula is C15H18ClN3O2. The van der Waals surface area contributed by atoms with E-state index in [4.69, 9.17) is 22.1 Å². The van der Waals surface area contributed by atoms with Gasteiger partial charge in [-0.05, 0) is 38.5 Å². The van der Waals surface area contributed by atoms with Gasteiger partial charge in [0.25, 0.3) is 0 Å². The average Bonchev–Trinajstić information content (AvgIpc) is 2.74. The van der Waals surface area contributed by atoms with Crippen LogP contribution in [0.25, 0.3) is 0 Å². The van der Waals surface area contributed by atoms with Crippen molar-refractivity contribution in [1.82, 2.24) is 9.78 Å². The number of ether oxygens (including phenoxy) is 1. The number of rotatable bonds is 4. The van der Waals surface area contributed by atoms with Gasteiger partial charge in [0.15, 0.2) is 0 Å². The van der Waals surface area contributed by atoms with E-state index in [9.17, 15) is 4.79 Å². The summed E-state index contributed by atoms with van der Waals surface area (Å²) in [6, 6.07) is 5.17. The second-order valence-corrected chi connectivity index (χ2v) is 5.14. The lowest BCUT2D eigenvalue weighted by Gasteiger charge is -2.10. The molecule has 112 valence electrons. The Kier molecular flexibility index (Phi) is 4.53. The van der Waals surface area contributed by atoms with Crippen molar-refractivity contribution in [1.29, 1.82) is 0 Å². The maximum atomic E-state index is 12.2. The van der Waals surface area contributed by atoms with Crippen molar-refractivity contribution in [3.05, 3.63) is 45.7 Å². The monoisotopic (exact) mass is 307 g/mol. The molecule has 21 heavy (non-hydrogen) atoms. The summed E-state index contributed by atoms with van der Waals surface area (Å²) in [6.07, 6.45) is 0. The topological polar surface area (TPSA) is 70.1 Å². The fourth-order valence-electron chi connectivity index (χ4n) is 2.09. The molecule has 2 N–H and O–H groups in total. The molecule has 1 heterocycles. The molecular weight excluding hydrogens is 290 g/mol. The number of aromatic nitrogens is 2. The predicted octanol–water partition coefficient (Wildman–Crippen LogP) is 3.11. The number of anilines is 1. The van der Waals surface area contributed by atoms with Crippen molar-refractivity contribution in [2.75, 3.05) is 5.73 Å². The molecule has 6 heteroatoms. The number of hydrogen-bond donors (Lipinski definition) is 1. The molecule has 0 amide bonds. The first-order valence-corrected chi connectivity index (χ1v) is 7.07. The molecule has 1 aromatic heterocycles. The van der Waals surface area contributed by atoms with E-state index < -0.39 is 5.97 Å². The highest BCUT2D eigenvalue weighted by molar-refractivity contribution is 6.31. The van der Waals surface area contributed by atoms with E-state index in [1.165, 1.54) is 0 Å². The fraction of sp³-hybridized carbons (Fsp3) is 0.333. The number of aryl methyl sites for hydroxylation is 2. The van der Waals surface area contributed by atoms with Crippen LogP contribution in [0.5, 0.6) is 0 Å². The zero-order valence-corrected chi connectivity index (χ0v) is 13.1. The van der Waals surface area contributed by atoms with Crippen LogP contribution in [0.4, 0.5) is 5.69 Å². The van der Waals surface area contributed by atoms with Crippen LogP contribution in [0.15, 0.2) is 18.2 Å². The number of halogens is 1. The molecule has 0 saturated heterocycles. The summed E-state index contributed by atoms with van der Waals surface area (Å²) in [5, 5.41) is 4.82. The first-order valence-electron chi connectivity index (χ1n) is 6.69. The lowest BCUT2D eigenvalue weighted by molar-refractivity contribution is 0.0462. The number of carbonyl (C=O) groups is 1. The summed E-state index contributed by atoms with van der Waals surface area (Å²) in [5.41, 5.74) is 8.97. The maximum Gasteiger partial charge on any atom is 0.338 e. The molecule has 0 unspecified atom stereocenters. The van der Waals surface area contributed by atoms with Crippen molar-refractivity contribution < 1.29 is 9.53 Å². The summed E-state index contributed by atoms with van der Waals surface area (Å²) < 4.78 is 7.08. The molecule has 0 fully saturated rings. The molecule has 2 aromatic rings. The number of benzene rings is 1. The van der Waals surface area contributed by atoms with E-state index in [0.29, 0.717) is 34.1 Å². The number of nitrogen functional groups attached to an aromatic ring is 1. The molecule has 5 nitrogen and oxygen atoms in total. The molecule has 0 aliphatic heterocycles. The van der Waals surface area contributed by atoms with Crippen molar-refractivity contribution in [2.24, 2.45) is 0 Å². The highest BCUT2D eigenvalue weighted by Crippen LogP contribution is 2.22. The van der Waals surface area contributed by atoms with Gasteiger partial charge in [-0.2, -0.15) is 5.10 Å². The Hall–Kier alpha value is -2.01. The van der Waals surface area contributed by atoms with Gasteiger partial charge in [0.2, 0.25) is 0 Å². The van der Waals surface area contributed by atoms with Gasteiger partial charge in [-0.25, -0.2) is 4.79 Å². The SMILES string of the molecule is CCn1nc(C)c(Cl)c1COC(=O)c1cccc(N)c1C. The zero-order valence-electron chi connectivity index (χ0n) is 12.3. The van der Waals surface area contributed by atoms with Crippen LogP contribution in [0.2, 0.25) is 5.02 Å². The number of hydrogen-bond acceptors (Lipinski definition) is 4. The summed E-state index contributed by atoms with van der Waals surface area (Å²) in [4.78, 5) is 12.2. The van der Waals surface area contributed by atoms with E-state index in [0.717, 1.165) is 5.69 Å². The standard InChI is InChI=1S/C15H18ClN3O2/c1-4-19-13(14(16)10(3)18-19)8-21-15(20)11-6-5-7-12(17)9(11)2/h5-7H,4,8,17H2,1-3H3. The Morgan fingerprint density at radius 3 is 2.81 bits per heavy atom. The minimum Gasteiger partial charge on any atom is -0.456 e. The van der Waals surface area contributed by atoms with Crippen LogP contribution in [-0.2, 0) is 17.9 Å². The molecule has 0 aliphatic carbocycles. The molecule has 0 bridgehead atoms. The summed E-state index contributed by atoms with van der Waals surface area (Å²) in [5.74, 6) is -0.419. The van der Waals surface area contributed by atoms with E-state index in [1.807, 2.05) is 13.8 Å². The maximum absolute atomic E-state index is 12.2. The summed E-state index contributed by atoms with van der Waals surface area (Å²) >= 11 is 6.18. The first-order chi connectivity index (χ1) is 9.95. The smallest absolute Gasteiger partial charge is 0.338 e. The van der Waals surface area contributed by atoms with Gasteiger partial charge in [0.05, 0.1) is 22.0 Å². The van der Waals surface area contributed by atoms with Gasteiger partial charge < -0.3 is 10.5 Å². The van der Waals surface area contributed by atoms with Crippen LogP contribution >= 0.6 is 11.6 Å². The Morgan fingerprint density at radius 1 is 1.43 bits per heavy atom. The van der Waals surface area contributed by atoms with E-state index in [-0.39, 0.29) is 6.61 Å². The number of esters is 1. The Balaban J connectivity index is 2.17. The van der Waals surface area contributed by atoms with Gasteiger partial charge in [-0.3, -0.25) is 4.68 Å². The van der Waals surface area contributed by atoms with Crippen molar-refractivity contribution >= 4 is 23.3 Å². The largest absolute Gasteiger partial charge is 0.456 e. The molecule has 0 saturated carbocycles. The normalized spacial score (nSPS) is 10.7. The second kappa shape index (κ2) is 6.18. The first kappa shape index (κ1) is 15.4. The molecule has 2 rings (SSSR count). The highest BCUT2D eigenvalue weighted by Gasteiger charge is 2.17. The minimum atomic E-state index is -0.419. The van der Waals surface area contributed by atoms with Crippen LogP contribution in [0.3, 0.4) is 0 Å². The molecule has 1 aromatic carbocycles. The van der Waals surface area contributed by atoms with Crippen molar-refractivity contribution in [2.45, 2.75) is 33.9 Å². The van der Waals surface area contributed by atoms with Crippen LogP contribution in [0, 0.1) is 13.8 Å². The highest BCUT2D eigenvalue weighted by atomic mass is 35.5. The molecule has 0 radical (unpaired) electrons. The molecule has 0 atom stereocenters. The van der Waals surface area contributed by atoms with Gasteiger partial charge in [0.1, 0.15) is 6.61 Å². The summed E-state index contributed by atoms with van der Waals surface area (Å²) in [6.45, 7) is 6.32. The van der Waals surface area contributed by atoms with Gasteiger partial charge in [0, 0.05) is 12.2 Å². The van der Waals surface area contributed by atoms with Crippen LogP contribution < -0.4 is 5.73 Å². The Labute approximate surface area is 128 Å². The second-order valence-electron chi connectivity index (χ2n) is 4.76. The fourth-order valence-corrected chi connectivity index (χ4v) is 2.28. The van der Waals surface area contributed by atoms with E-state index >= 15 is 0 Å². The van der Waals surface area contributed by atoms with Crippen molar-refractivity contribution in [3.63, 3.8) is 0 Å². The van der Waals surface area contributed by atoms with Crippen LogP contribution in [0.1, 0.15) is 34.2 Å². The average molecular weight is 308 g/mol. The van der Waals surface area contributed by atoms with Gasteiger partial charge in [-0.1, -0.05) is 17.7 Å². The lowest BCUT2D eigenvalue weighted by atomic mass is 10.1.